The lowest BCUT2D eigenvalue weighted by molar-refractivity contribution is 0.614. The largest absolute Gasteiger partial charge is 0.227 e. The number of hydrogen-bond acceptors (Lipinski definition) is 3. The number of benzene rings is 2. The third-order valence-corrected chi connectivity index (χ3v) is 3.45. The van der Waals surface area contributed by atoms with Gasteiger partial charge in [0.1, 0.15) is 0 Å². The molecule has 0 N–H and O–H groups in total. The topological polar surface area (TPSA) is 57.9 Å². The predicted molar refractivity (Wildman–Crippen MR) is 69.9 cm³/mol. The van der Waals surface area contributed by atoms with E-state index in [9.17, 15) is 8.42 Å². The van der Waals surface area contributed by atoms with Crippen molar-refractivity contribution >= 4 is 10.7 Å². The Morgan fingerprint density at radius 3 is 2.22 bits per heavy atom. The van der Waals surface area contributed by atoms with E-state index in [1.807, 2.05) is 19.1 Å². The van der Waals surface area contributed by atoms with Crippen molar-refractivity contribution in [2.24, 2.45) is 0 Å². The minimum Gasteiger partial charge on any atom is -0.227 e. The van der Waals surface area contributed by atoms with E-state index in [-0.39, 0.29) is 0 Å². The molecule has 0 heterocycles. The first kappa shape index (κ1) is 12.3. The number of nitriles is 1. The molecule has 4 heteroatoms. The smallest absolute Gasteiger partial charge is 0.168 e. The molecular weight excluding hydrogens is 246 g/mol. The first-order valence-electron chi connectivity index (χ1n) is 5.37. The molecule has 0 fully saturated rings. The second-order valence-electron chi connectivity index (χ2n) is 3.95. The lowest BCUT2D eigenvalue weighted by Gasteiger charge is -2.06. The summed E-state index contributed by atoms with van der Waals surface area (Å²) in [6.45, 7) is 1.87. The maximum atomic E-state index is 10.9. The summed E-state index contributed by atoms with van der Waals surface area (Å²) in [6.07, 6.45) is 0. The van der Waals surface area contributed by atoms with Crippen LogP contribution < -0.4 is 0 Å². The Balaban J connectivity index is 2.48. The SMILES string of the molecule is Cc1cc([SH](=O)=O)ccc1-c1ccc(C#N)cc1. The van der Waals surface area contributed by atoms with Crippen molar-refractivity contribution in [2.45, 2.75) is 11.8 Å². The molecule has 0 saturated carbocycles. The van der Waals surface area contributed by atoms with Gasteiger partial charge in [-0.2, -0.15) is 5.26 Å². The maximum absolute atomic E-state index is 10.9. The summed E-state index contributed by atoms with van der Waals surface area (Å²) in [7, 11) is -2.54. The summed E-state index contributed by atoms with van der Waals surface area (Å²) >= 11 is 0. The number of hydrogen-bond donors (Lipinski definition) is 1. The van der Waals surface area contributed by atoms with Crippen molar-refractivity contribution in [2.75, 3.05) is 0 Å². The van der Waals surface area contributed by atoms with Crippen molar-refractivity contribution in [1.29, 1.82) is 5.26 Å². The Labute approximate surface area is 107 Å². The first-order valence-corrected chi connectivity index (χ1v) is 6.55. The molecule has 0 bridgehead atoms. The molecule has 3 nitrogen and oxygen atoms in total. The Kier molecular flexibility index (Phi) is 3.45. The molecule has 2 aromatic carbocycles. The monoisotopic (exact) mass is 257 g/mol. The molecule has 2 aromatic rings. The summed E-state index contributed by atoms with van der Waals surface area (Å²) in [4.78, 5) is 0.319. The van der Waals surface area contributed by atoms with Gasteiger partial charge in [-0.1, -0.05) is 18.2 Å². The molecule has 0 aliphatic carbocycles. The fourth-order valence-corrected chi connectivity index (χ4v) is 2.30. The molecule has 90 valence electrons. The van der Waals surface area contributed by atoms with E-state index >= 15 is 0 Å². The standard InChI is InChI=1S/C14H11NO2S/c1-10-8-13(18(16)17)6-7-14(10)12-4-2-11(9-15)3-5-12/h2-8,18H,1H3. The average molecular weight is 257 g/mol. The van der Waals surface area contributed by atoms with Crippen LogP contribution in [0.15, 0.2) is 47.4 Å². The van der Waals surface area contributed by atoms with E-state index in [1.165, 1.54) is 0 Å². The predicted octanol–water partition coefficient (Wildman–Crippen LogP) is 2.50. The van der Waals surface area contributed by atoms with Gasteiger partial charge in [-0.05, 0) is 47.9 Å². The molecule has 18 heavy (non-hydrogen) atoms. The molecule has 0 saturated heterocycles. The van der Waals surface area contributed by atoms with Crippen LogP contribution in [0.3, 0.4) is 0 Å². The summed E-state index contributed by atoms with van der Waals surface area (Å²) in [5.41, 5.74) is 3.45. The summed E-state index contributed by atoms with van der Waals surface area (Å²) < 4.78 is 21.8. The van der Waals surface area contributed by atoms with Crippen LogP contribution in [0.1, 0.15) is 11.1 Å². The fourth-order valence-electron chi connectivity index (χ4n) is 1.81. The summed E-state index contributed by atoms with van der Waals surface area (Å²) in [5, 5.41) is 8.73. The lowest BCUT2D eigenvalue weighted by atomic mass is 10.00. The van der Waals surface area contributed by atoms with Gasteiger partial charge in [-0.15, -0.1) is 0 Å². The number of thiol groups is 1. The van der Waals surface area contributed by atoms with Crippen LogP contribution in [0.5, 0.6) is 0 Å². The van der Waals surface area contributed by atoms with Crippen LogP contribution in [0.2, 0.25) is 0 Å². The van der Waals surface area contributed by atoms with Gasteiger partial charge in [0.2, 0.25) is 0 Å². The van der Waals surface area contributed by atoms with Gasteiger partial charge in [-0.3, -0.25) is 0 Å². The van der Waals surface area contributed by atoms with E-state index in [2.05, 4.69) is 6.07 Å². The van der Waals surface area contributed by atoms with Crippen molar-refractivity contribution in [3.8, 4) is 17.2 Å². The quantitative estimate of drug-likeness (QED) is 0.841. The zero-order valence-electron chi connectivity index (χ0n) is 9.75. The van der Waals surface area contributed by atoms with E-state index < -0.39 is 10.7 Å². The zero-order chi connectivity index (χ0) is 13.1. The van der Waals surface area contributed by atoms with Crippen LogP contribution >= 0.6 is 0 Å². The van der Waals surface area contributed by atoms with Crippen LogP contribution in [-0.4, -0.2) is 8.42 Å². The van der Waals surface area contributed by atoms with Gasteiger partial charge in [0.25, 0.3) is 0 Å². The fraction of sp³-hybridized carbons (Fsp3) is 0.0714. The summed E-state index contributed by atoms with van der Waals surface area (Å²) in [5.74, 6) is 0. The van der Waals surface area contributed by atoms with Crippen molar-refractivity contribution in [3.05, 3.63) is 53.6 Å². The molecular formula is C14H11NO2S. The van der Waals surface area contributed by atoms with Gasteiger partial charge in [0.05, 0.1) is 16.5 Å². The Bertz CT molecular complexity index is 687. The third-order valence-electron chi connectivity index (χ3n) is 2.75. The van der Waals surface area contributed by atoms with Crippen LogP contribution in [0.25, 0.3) is 11.1 Å². The van der Waals surface area contributed by atoms with Gasteiger partial charge in [0, 0.05) is 0 Å². The molecule has 0 aliphatic rings. The number of rotatable bonds is 2. The Morgan fingerprint density at radius 1 is 1.06 bits per heavy atom. The van der Waals surface area contributed by atoms with E-state index in [0.29, 0.717) is 10.5 Å². The van der Waals surface area contributed by atoms with Gasteiger partial charge in [-0.25, -0.2) is 8.42 Å². The maximum Gasteiger partial charge on any atom is 0.168 e. The molecule has 0 unspecified atom stereocenters. The molecule has 0 spiro atoms. The molecule has 0 amide bonds. The Hall–Kier alpha value is -2.12. The minimum absolute atomic E-state index is 0.319. The highest BCUT2D eigenvalue weighted by atomic mass is 32.2. The second kappa shape index (κ2) is 5.03. The van der Waals surface area contributed by atoms with Crippen LogP contribution in [0, 0.1) is 18.3 Å². The minimum atomic E-state index is -2.54. The second-order valence-corrected chi connectivity index (χ2v) is 4.98. The van der Waals surface area contributed by atoms with Crippen LogP contribution in [-0.2, 0) is 10.7 Å². The Morgan fingerprint density at radius 2 is 1.72 bits per heavy atom. The van der Waals surface area contributed by atoms with Crippen LogP contribution in [0.4, 0.5) is 0 Å². The zero-order valence-corrected chi connectivity index (χ0v) is 10.6. The molecule has 0 atom stereocenters. The highest BCUT2D eigenvalue weighted by Crippen LogP contribution is 2.24. The summed E-state index contributed by atoms with van der Waals surface area (Å²) in [6, 6.07) is 14.3. The van der Waals surface area contributed by atoms with E-state index in [0.717, 1.165) is 16.7 Å². The van der Waals surface area contributed by atoms with E-state index in [1.54, 1.807) is 30.3 Å². The normalized spacial score (nSPS) is 10.3. The molecule has 0 aromatic heterocycles. The third kappa shape index (κ3) is 2.41. The molecule has 2 rings (SSSR count). The van der Waals surface area contributed by atoms with Gasteiger partial charge >= 0.3 is 0 Å². The molecule has 0 aliphatic heterocycles. The first-order chi connectivity index (χ1) is 8.61. The average Bonchev–Trinajstić information content (AvgIpc) is 2.38. The lowest BCUT2D eigenvalue weighted by Crippen LogP contribution is -1.87. The van der Waals surface area contributed by atoms with Crippen molar-refractivity contribution < 1.29 is 8.42 Å². The van der Waals surface area contributed by atoms with Crippen molar-refractivity contribution in [3.63, 3.8) is 0 Å². The van der Waals surface area contributed by atoms with Crippen molar-refractivity contribution in [1.82, 2.24) is 0 Å². The van der Waals surface area contributed by atoms with Gasteiger partial charge in [0.15, 0.2) is 10.7 Å². The number of aryl methyl sites for hydroxylation is 1. The highest BCUT2D eigenvalue weighted by Gasteiger charge is 2.04. The van der Waals surface area contributed by atoms with Gasteiger partial charge < -0.3 is 0 Å². The van der Waals surface area contributed by atoms with E-state index in [4.69, 9.17) is 5.26 Å². The molecule has 0 radical (unpaired) electrons. The number of nitrogens with zero attached hydrogens (tertiary/aromatic N) is 1. The highest BCUT2D eigenvalue weighted by molar-refractivity contribution is 7.72.